The number of halogens is 3. The minimum absolute atomic E-state index is 0.129. The molecule has 0 unspecified atom stereocenters. The molecule has 0 atom stereocenters. The lowest BCUT2D eigenvalue weighted by Gasteiger charge is -2.41. The van der Waals surface area contributed by atoms with Crippen molar-refractivity contribution in [1.29, 1.82) is 0 Å². The number of rotatable bonds is 5. The lowest BCUT2D eigenvalue weighted by molar-refractivity contribution is -0.274. The molecule has 2 rings (SSSR count). The van der Waals surface area contributed by atoms with Crippen molar-refractivity contribution >= 4 is 5.97 Å². The number of carbonyl (C=O) groups is 1. The third-order valence-electron chi connectivity index (χ3n) is 3.35. The van der Waals surface area contributed by atoms with Gasteiger partial charge in [0, 0.05) is 0 Å². The van der Waals surface area contributed by atoms with Gasteiger partial charge in [-0.25, -0.2) is 0 Å². The van der Waals surface area contributed by atoms with E-state index in [1.54, 1.807) is 0 Å². The van der Waals surface area contributed by atoms with Gasteiger partial charge in [0.05, 0.1) is 13.5 Å². The third-order valence-corrected chi connectivity index (χ3v) is 3.35. The summed E-state index contributed by atoms with van der Waals surface area (Å²) < 4.78 is 50.3. The van der Waals surface area contributed by atoms with Crippen LogP contribution in [-0.2, 0) is 9.53 Å². The Morgan fingerprint density at radius 2 is 1.76 bits per heavy atom. The van der Waals surface area contributed by atoms with Crippen LogP contribution in [0.3, 0.4) is 0 Å². The van der Waals surface area contributed by atoms with Gasteiger partial charge in [-0.3, -0.25) is 4.79 Å². The second-order valence-corrected chi connectivity index (χ2v) is 4.91. The van der Waals surface area contributed by atoms with Crippen molar-refractivity contribution in [2.45, 2.75) is 37.6 Å². The summed E-state index contributed by atoms with van der Waals surface area (Å²) in [7, 11) is 1.30. The van der Waals surface area contributed by atoms with Crippen molar-refractivity contribution in [2.24, 2.45) is 0 Å². The van der Waals surface area contributed by atoms with Gasteiger partial charge in [0.2, 0.25) is 0 Å². The van der Waals surface area contributed by atoms with E-state index in [9.17, 15) is 18.0 Å². The highest BCUT2D eigenvalue weighted by Crippen LogP contribution is 2.40. The molecule has 1 aromatic rings. The molecule has 1 aromatic carbocycles. The first-order valence-electron chi connectivity index (χ1n) is 6.44. The zero-order valence-corrected chi connectivity index (χ0v) is 11.4. The maximum atomic E-state index is 12.1. The van der Waals surface area contributed by atoms with Gasteiger partial charge in [-0.2, -0.15) is 0 Å². The van der Waals surface area contributed by atoms with Crippen molar-refractivity contribution in [3.63, 3.8) is 0 Å². The number of carbonyl (C=O) groups excluding carboxylic acids is 1. The van der Waals surface area contributed by atoms with E-state index in [2.05, 4.69) is 9.47 Å². The molecular weight excluding hydrogens is 289 g/mol. The summed E-state index contributed by atoms with van der Waals surface area (Å²) in [6.07, 6.45) is -2.23. The maximum Gasteiger partial charge on any atom is 0.573 e. The van der Waals surface area contributed by atoms with Crippen LogP contribution in [0.15, 0.2) is 24.3 Å². The highest BCUT2D eigenvalue weighted by Gasteiger charge is 2.42. The van der Waals surface area contributed by atoms with E-state index in [-0.39, 0.29) is 18.1 Å². The number of hydrogen-bond donors (Lipinski definition) is 0. The summed E-state index contributed by atoms with van der Waals surface area (Å²) in [5.74, 6) is -0.287. The Morgan fingerprint density at radius 3 is 2.19 bits per heavy atom. The number of methoxy groups -OCH3 is 1. The van der Waals surface area contributed by atoms with Gasteiger partial charge in [-0.1, -0.05) is 0 Å². The average molecular weight is 304 g/mol. The Kier molecular flexibility index (Phi) is 4.29. The third kappa shape index (κ3) is 4.27. The zero-order chi connectivity index (χ0) is 15.5. The summed E-state index contributed by atoms with van der Waals surface area (Å²) >= 11 is 0. The molecule has 7 heteroatoms. The molecule has 1 aliphatic rings. The van der Waals surface area contributed by atoms with Crippen molar-refractivity contribution in [1.82, 2.24) is 0 Å². The smallest absolute Gasteiger partial charge is 0.487 e. The standard InChI is InChI=1S/C14H15F3O4/c1-19-12(18)9-13(7-2-8-13)20-10-3-5-11(6-4-10)21-14(15,16)17/h3-6H,2,7-9H2,1H3. The molecule has 21 heavy (non-hydrogen) atoms. The lowest BCUT2D eigenvalue weighted by Crippen LogP contribution is -2.45. The van der Waals surface area contributed by atoms with Crippen LogP contribution in [0, 0.1) is 0 Å². The molecule has 0 N–H and O–H groups in total. The van der Waals surface area contributed by atoms with E-state index in [1.807, 2.05) is 0 Å². The molecule has 1 aliphatic carbocycles. The number of benzene rings is 1. The highest BCUT2D eigenvalue weighted by atomic mass is 19.4. The second kappa shape index (κ2) is 5.83. The topological polar surface area (TPSA) is 44.8 Å². The quantitative estimate of drug-likeness (QED) is 0.782. The van der Waals surface area contributed by atoms with Gasteiger partial charge in [-0.15, -0.1) is 13.2 Å². The Labute approximate surface area is 119 Å². The summed E-state index contributed by atoms with van der Waals surface area (Å²) in [6.45, 7) is 0. The van der Waals surface area contributed by atoms with Crippen LogP contribution in [0.25, 0.3) is 0 Å². The predicted octanol–water partition coefficient (Wildman–Crippen LogP) is 3.45. The van der Waals surface area contributed by atoms with Gasteiger partial charge in [-0.05, 0) is 43.5 Å². The van der Waals surface area contributed by atoms with E-state index in [0.717, 1.165) is 6.42 Å². The van der Waals surface area contributed by atoms with Gasteiger partial charge in [0.1, 0.15) is 17.1 Å². The fraction of sp³-hybridized carbons (Fsp3) is 0.500. The molecule has 116 valence electrons. The van der Waals surface area contributed by atoms with Crippen molar-refractivity contribution < 1.29 is 32.2 Å². The molecular formula is C14H15F3O4. The van der Waals surface area contributed by atoms with E-state index in [4.69, 9.17) is 4.74 Å². The van der Waals surface area contributed by atoms with E-state index < -0.39 is 12.0 Å². The number of ether oxygens (including phenoxy) is 3. The van der Waals surface area contributed by atoms with Crippen molar-refractivity contribution in [3.8, 4) is 11.5 Å². The van der Waals surface area contributed by atoms with Crippen LogP contribution in [0.1, 0.15) is 25.7 Å². The Balaban J connectivity index is 2.00. The Bertz CT molecular complexity index is 492. The van der Waals surface area contributed by atoms with Crippen LogP contribution >= 0.6 is 0 Å². The summed E-state index contributed by atoms with van der Waals surface area (Å²) in [5.41, 5.74) is -0.612. The maximum absolute atomic E-state index is 12.1. The van der Waals surface area contributed by atoms with Crippen LogP contribution in [0.4, 0.5) is 13.2 Å². The SMILES string of the molecule is COC(=O)CC1(Oc2ccc(OC(F)(F)F)cc2)CCC1. The normalized spacial score (nSPS) is 16.8. The van der Waals surface area contributed by atoms with Crippen LogP contribution < -0.4 is 9.47 Å². The molecule has 0 aromatic heterocycles. The number of alkyl halides is 3. The molecule has 0 spiro atoms. The molecule has 4 nitrogen and oxygen atoms in total. The lowest BCUT2D eigenvalue weighted by atomic mass is 9.77. The monoisotopic (exact) mass is 304 g/mol. The van der Waals surface area contributed by atoms with Crippen molar-refractivity contribution in [3.05, 3.63) is 24.3 Å². The second-order valence-electron chi connectivity index (χ2n) is 4.91. The predicted molar refractivity (Wildman–Crippen MR) is 67.0 cm³/mol. The first kappa shape index (κ1) is 15.5. The van der Waals surface area contributed by atoms with Gasteiger partial charge in [0.25, 0.3) is 0 Å². The van der Waals surface area contributed by atoms with Crippen LogP contribution in [-0.4, -0.2) is 25.0 Å². The Hall–Kier alpha value is -1.92. The van der Waals surface area contributed by atoms with E-state index in [1.165, 1.54) is 31.4 Å². The first-order valence-corrected chi connectivity index (χ1v) is 6.44. The zero-order valence-electron chi connectivity index (χ0n) is 11.4. The average Bonchev–Trinajstić information content (AvgIpc) is 2.36. The number of esters is 1. The molecule has 0 amide bonds. The van der Waals surface area contributed by atoms with Crippen molar-refractivity contribution in [2.75, 3.05) is 7.11 Å². The van der Waals surface area contributed by atoms with E-state index in [0.29, 0.717) is 18.6 Å². The van der Waals surface area contributed by atoms with Gasteiger partial charge >= 0.3 is 12.3 Å². The highest BCUT2D eigenvalue weighted by molar-refractivity contribution is 5.70. The molecule has 0 saturated heterocycles. The largest absolute Gasteiger partial charge is 0.573 e. The molecule has 0 radical (unpaired) electrons. The summed E-state index contributed by atoms with van der Waals surface area (Å²) in [5, 5.41) is 0. The number of hydrogen-bond acceptors (Lipinski definition) is 4. The summed E-state index contributed by atoms with van der Waals surface area (Å²) in [4.78, 5) is 11.4. The van der Waals surface area contributed by atoms with Crippen LogP contribution in [0.2, 0.25) is 0 Å². The van der Waals surface area contributed by atoms with Gasteiger partial charge in [0.15, 0.2) is 0 Å². The molecule has 1 fully saturated rings. The molecule has 0 heterocycles. The molecule has 0 bridgehead atoms. The van der Waals surface area contributed by atoms with Gasteiger partial charge < -0.3 is 14.2 Å². The fourth-order valence-electron chi connectivity index (χ4n) is 2.18. The Morgan fingerprint density at radius 1 is 1.19 bits per heavy atom. The summed E-state index contributed by atoms with van der Waals surface area (Å²) in [6, 6.07) is 5.12. The first-order chi connectivity index (χ1) is 9.82. The minimum atomic E-state index is -4.72. The molecule has 1 saturated carbocycles. The molecule has 0 aliphatic heterocycles. The van der Waals surface area contributed by atoms with E-state index >= 15 is 0 Å². The minimum Gasteiger partial charge on any atom is -0.487 e. The van der Waals surface area contributed by atoms with Crippen LogP contribution in [0.5, 0.6) is 11.5 Å². The fourth-order valence-corrected chi connectivity index (χ4v) is 2.18.